The maximum absolute atomic E-state index is 3.83. The molecule has 0 aliphatic carbocycles. The summed E-state index contributed by atoms with van der Waals surface area (Å²) in [4.78, 5) is 0. The predicted octanol–water partition coefficient (Wildman–Crippen LogP) is 1.69. The van der Waals surface area contributed by atoms with Gasteiger partial charge in [-0.15, -0.1) is 0 Å². The Kier molecular flexibility index (Phi) is 5.60. The summed E-state index contributed by atoms with van der Waals surface area (Å²) in [6, 6.07) is 1.89. The van der Waals surface area contributed by atoms with Crippen LogP contribution in [0.5, 0.6) is 0 Å². The van der Waals surface area contributed by atoms with E-state index in [9.17, 15) is 0 Å². The van der Waals surface area contributed by atoms with Gasteiger partial charge in [0.05, 0.1) is 0 Å². The van der Waals surface area contributed by atoms with Crippen molar-refractivity contribution in [2.75, 3.05) is 0 Å². The predicted molar refractivity (Wildman–Crippen MR) is 36.7 cm³/mol. The fraction of sp³-hybridized carbons (Fsp3) is 0.500. The van der Waals surface area contributed by atoms with E-state index in [1.165, 1.54) is 0 Å². The molecule has 2 heteroatoms. The van der Waals surface area contributed by atoms with Gasteiger partial charge in [0.2, 0.25) is 0 Å². The number of hydrogen-bond donors (Lipinski definition) is 0. The van der Waals surface area contributed by atoms with E-state index < -0.39 is 0 Å². The van der Waals surface area contributed by atoms with Gasteiger partial charge in [-0.05, 0) is 6.07 Å². The number of nitrogens with zero attached hydrogens (tertiary/aromatic N) is 2. The maximum Gasteiger partial charge on any atom is 0.0489 e. The first kappa shape index (κ1) is 10.2. The van der Waals surface area contributed by atoms with Crippen molar-refractivity contribution in [3.8, 4) is 0 Å². The highest BCUT2D eigenvalue weighted by Gasteiger charge is 1.69. The van der Waals surface area contributed by atoms with Crippen molar-refractivity contribution in [2.24, 2.45) is 7.05 Å². The zero-order valence-corrected chi connectivity index (χ0v) is 3.63. The second-order valence-corrected chi connectivity index (χ2v) is 1.18. The average molecular weight is 114 g/mol. The van der Waals surface area contributed by atoms with Gasteiger partial charge in [-0.25, -0.2) is 0 Å². The van der Waals surface area contributed by atoms with E-state index in [0.29, 0.717) is 0 Å². The molecule has 0 fully saturated rings. The molecular weight excluding hydrogens is 100 g/mol. The lowest BCUT2D eigenvalue weighted by Gasteiger charge is -1.77. The minimum Gasteiger partial charge on any atom is -0.276 e. The Morgan fingerprint density at radius 2 is 2.00 bits per heavy atom. The molecule has 48 valence electrons. The van der Waals surface area contributed by atoms with Gasteiger partial charge in [-0.3, -0.25) is 4.68 Å². The molecule has 0 saturated heterocycles. The third kappa shape index (κ3) is 2.39. The maximum atomic E-state index is 3.83. The van der Waals surface area contributed by atoms with Crippen molar-refractivity contribution >= 4 is 0 Å². The van der Waals surface area contributed by atoms with E-state index in [-0.39, 0.29) is 14.9 Å². The van der Waals surface area contributed by atoms with Gasteiger partial charge >= 0.3 is 0 Å². The Balaban J connectivity index is 0. The fourth-order valence-electron chi connectivity index (χ4n) is 0.345. The smallest absolute Gasteiger partial charge is 0.0489 e. The second-order valence-electron chi connectivity index (χ2n) is 1.18. The van der Waals surface area contributed by atoms with Crippen molar-refractivity contribution in [2.45, 2.75) is 14.9 Å². The van der Waals surface area contributed by atoms with E-state index in [4.69, 9.17) is 0 Å². The summed E-state index contributed by atoms with van der Waals surface area (Å²) in [5, 5.41) is 3.83. The molecule has 1 rings (SSSR count). The standard InChI is InChI=1S/C4H6N2.2CH4/c1-6-4-2-3-5-6;;/h2-4H,1H3;2*1H4. The van der Waals surface area contributed by atoms with Crippen molar-refractivity contribution in [1.82, 2.24) is 9.78 Å². The van der Waals surface area contributed by atoms with E-state index in [2.05, 4.69) is 5.10 Å². The van der Waals surface area contributed by atoms with Crippen LogP contribution in [0.3, 0.4) is 0 Å². The van der Waals surface area contributed by atoms with Crippen LogP contribution in [0.4, 0.5) is 0 Å². The summed E-state index contributed by atoms with van der Waals surface area (Å²) < 4.78 is 1.75. The van der Waals surface area contributed by atoms with Crippen LogP contribution >= 0.6 is 0 Å². The van der Waals surface area contributed by atoms with Crippen LogP contribution in [-0.4, -0.2) is 9.78 Å². The van der Waals surface area contributed by atoms with Crippen LogP contribution in [0.15, 0.2) is 18.5 Å². The lowest BCUT2D eigenvalue weighted by Crippen LogP contribution is -1.83. The van der Waals surface area contributed by atoms with Gasteiger partial charge in [0.15, 0.2) is 0 Å². The van der Waals surface area contributed by atoms with Crippen molar-refractivity contribution < 1.29 is 0 Å². The summed E-state index contributed by atoms with van der Waals surface area (Å²) in [7, 11) is 1.89. The molecule has 1 heterocycles. The van der Waals surface area contributed by atoms with Crippen molar-refractivity contribution in [3.05, 3.63) is 18.5 Å². The highest BCUT2D eigenvalue weighted by atomic mass is 15.2. The summed E-state index contributed by atoms with van der Waals surface area (Å²) in [5.41, 5.74) is 0. The first-order valence-electron chi connectivity index (χ1n) is 1.83. The summed E-state index contributed by atoms with van der Waals surface area (Å²) in [5.74, 6) is 0. The van der Waals surface area contributed by atoms with Crippen molar-refractivity contribution in [1.29, 1.82) is 0 Å². The molecule has 0 aliphatic rings. The first-order valence-corrected chi connectivity index (χ1v) is 1.83. The van der Waals surface area contributed by atoms with E-state index in [1.54, 1.807) is 10.9 Å². The molecule has 0 aliphatic heterocycles. The lowest BCUT2D eigenvalue weighted by atomic mass is 10.8. The largest absolute Gasteiger partial charge is 0.276 e. The van der Waals surface area contributed by atoms with Crippen LogP contribution in [0, 0.1) is 0 Å². The normalized spacial score (nSPS) is 6.62. The Labute approximate surface area is 51.1 Å². The minimum absolute atomic E-state index is 0. The molecule has 2 nitrogen and oxygen atoms in total. The minimum atomic E-state index is 0. The summed E-state index contributed by atoms with van der Waals surface area (Å²) in [6.07, 6.45) is 3.64. The van der Waals surface area contributed by atoms with Gasteiger partial charge in [-0.1, -0.05) is 14.9 Å². The van der Waals surface area contributed by atoms with Crippen LogP contribution < -0.4 is 0 Å². The molecule has 0 spiro atoms. The van der Waals surface area contributed by atoms with Gasteiger partial charge in [0.25, 0.3) is 0 Å². The zero-order chi connectivity index (χ0) is 4.41. The van der Waals surface area contributed by atoms with E-state index in [0.717, 1.165) is 0 Å². The van der Waals surface area contributed by atoms with Gasteiger partial charge in [0.1, 0.15) is 0 Å². The number of hydrogen-bond acceptors (Lipinski definition) is 1. The fourth-order valence-corrected chi connectivity index (χ4v) is 0.345. The molecule has 0 unspecified atom stereocenters. The molecule has 1 aromatic heterocycles. The van der Waals surface area contributed by atoms with Gasteiger partial charge < -0.3 is 0 Å². The van der Waals surface area contributed by atoms with Crippen LogP contribution in [-0.2, 0) is 7.05 Å². The highest BCUT2D eigenvalue weighted by molar-refractivity contribution is 4.75. The van der Waals surface area contributed by atoms with Crippen LogP contribution in [0.1, 0.15) is 14.9 Å². The second kappa shape index (κ2) is 4.37. The monoisotopic (exact) mass is 114 g/mol. The SMILES string of the molecule is C.C.Cn1cccn1. The Hall–Kier alpha value is -0.790. The Morgan fingerprint density at radius 3 is 2.12 bits per heavy atom. The summed E-state index contributed by atoms with van der Waals surface area (Å²) in [6.45, 7) is 0. The molecule has 0 radical (unpaired) electrons. The topological polar surface area (TPSA) is 17.8 Å². The average Bonchev–Trinajstić information content (AvgIpc) is 1.86. The first-order chi connectivity index (χ1) is 2.89. The number of rotatable bonds is 0. The third-order valence-corrected chi connectivity index (χ3v) is 0.637. The molecule has 0 bridgehead atoms. The highest BCUT2D eigenvalue weighted by Crippen LogP contribution is 1.73. The molecule has 1 aromatic rings. The van der Waals surface area contributed by atoms with Gasteiger partial charge in [-0.2, -0.15) is 5.10 Å². The van der Waals surface area contributed by atoms with Gasteiger partial charge in [0, 0.05) is 19.4 Å². The molecule has 0 atom stereocenters. The Bertz CT molecular complexity index is 110. The number of aromatic nitrogens is 2. The quantitative estimate of drug-likeness (QED) is 0.502. The third-order valence-electron chi connectivity index (χ3n) is 0.637. The van der Waals surface area contributed by atoms with E-state index in [1.807, 2.05) is 19.3 Å². The molecular formula is C6H14N2. The van der Waals surface area contributed by atoms with Crippen LogP contribution in [0.2, 0.25) is 0 Å². The van der Waals surface area contributed by atoms with E-state index >= 15 is 0 Å². The molecule has 0 N–H and O–H groups in total. The van der Waals surface area contributed by atoms with Crippen molar-refractivity contribution in [3.63, 3.8) is 0 Å². The summed E-state index contributed by atoms with van der Waals surface area (Å²) >= 11 is 0. The Morgan fingerprint density at radius 1 is 1.38 bits per heavy atom. The zero-order valence-electron chi connectivity index (χ0n) is 3.63. The molecule has 0 aromatic carbocycles. The lowest BCUT2D eigenvalue weighted by molar-refractivity contribution is 0.768. The molecule has 0 saturated carbocycles. The number of aryl methyl sites for hydroxylation is 1. The molecule has 8 heavy (non-hydrogen) atoms. The van der Waals surface area contributed by atoms with Crippen LogP contribution in [0.25, 0.3) is 0 Å². The molecule has 0 amide bonds.